The summed E-state index contributed by atoms with van der Waals surface area (Å²) in [7, 11) is 2.15. The minimum Gasteiger partial charge on any atom is -0.478 e. The van der Waals surface area contributed by atoms with Crippen molar-refractivity contribution in [1.82, 2.24) is 9.58 Å². The summed E-state index contributed by atoms with van der Waals surface area (Å²) >= 11 is 0. The summed E-state index contributed by atoms with van der Waals surface area (Å²) in [6.07, 6.45) is 3.23. The number of likely N-dealkylation sites (tertiary alicyclic amines) is 1. The molecule has 1 aliphatic heterocycles. The minimum atomic E-state index is -1.26. The normalized spacial score (nSPS) is 14.7. The van der Waals surface area contributed by atoms with Crippen molar-refractivity contribution in [3.05, 3.63) is 83.6 Å². The quantitative estimate of drug-likeness (QED) is 0.310. The number of aromatic nitrogens is 1. The number of hydrogen-bond donors (Lipinski definition) is 3. The molecule has 1 aromatic heterocycles. The van der Waals surface area contributed by atoms with Crippen LogP contribution in [0.5, 0.6) is 0 Å². The Labute approximate surface area is 191 Å². The number of para-hydroxylation sites is 1. The molecule has 4 rings (SSSR count). The van der Waals surface area contributed by atoms with Gasteiger partial charge in [-0.1, -0.05) is 48.5 Å². The molecule has 8 heteroatoms. The largest absolute Gasteiger partial charge is 0.478 e. The zero-order valence-electron chi connectivity index (χ0n) is 18.3. The molecule has 0 spiro atoms. The molecule has 3 aromatic rings. The number of rotatable bonds is 5. The van der Waals surface area contributed by atoms with Gasteiger partial charge in [-0.25, -0.2) is 9.59 Å². The highest BCUT2D eigenvalue weighted by molar-refractivity contribution is 6.12. The van der Waals surface area contributed by atoms with Gasteiger partial charge in [0, 0.05) is 23.1 Å². The van der Waals surface area contributed by atoms with Gasteiger partial charge in [-0.15, -0.1) is 0 Å². The maximum Gasteiger partial charge on any atom is 0.328 e. The van der Waals surface area contributed by atoms with E-state index in [1.165, 1.54) is 0 Å². The van der Waals surface area contributed by atoms with Crippen LogP contribution in [0.15, 0.2) is 66.7 Å². The third-order valence-corrected chi connectivity index (χ3v) is 5.70. The number of carbonyl (C=O) groups is 3. The molecule has 1 aliphatic rings. The highest BCUT2D eigenvalue weighted by Gasteiger charge is 2.29. The summed E-state index contributed by atoms with van der Waals surface area (Å²) in [5.74, 6) is 4.26. The van der Waals surface area contributed by atoms with Gasteiger partial charge >= 0.3 is 11.9 Å². The van der Waals surface area contributed by atoms with E-state index in [0.29, 0.717) is 29.3 Å². The monoisotopic (exact) mass is 449 g/mol. The summed E-state index contributed by atoms with van der Waals surface area (Å²) in [6, 6.07) is 17.5. The van der Waals surface area contributed by atoms with Crippen LogP contribution < -0.4 is 5.84 Å². The van der Waals surface area contributed by atoms with Crippen molar-refractivity contribution in [2.24, 2.45) is 0 Å². The van der Waals surface area contributed by atoms with E-state index in [1.807, 2.05) is 48.5 Å². The van der Waals surface area contributed by atoms with Gasteiger partial charge in [0.1, 0.15) is 5.69 Å². The van der Waals surface area contributed by atoms with Crippen LogP contribution in [-0.2, 0) is 9.59 Å². The third kappa shape index (κ3) is 5.67. The predicted octanol–water partition coefficient (Wildman–Crippen LogP) is 3.11. The van der Waals surface area contributed by atoms with Gasteiger partial charge < -0.3 is 21.0 Å². The van der Waals surface area contributed by atoms with Crippen LogP contribution in [0, 0.1) is 0 Å². The number of aliphatic carboxylic acids is 2. The topological polar surface area (TPSA) is 126 Å². The highest BCUT2D eigenvalue weighted by atomic mass is 16.4. The second kappa shape index (κ2) is 10.6. The number of fused-ring (bicyclic) bond motifs is 1. The van der Waals surface area contributed by atoms with E-state index in [2.05, 4.69) is 18.0 Å². The summed E-state index contributed by atoms with van der Waals surface area (Å²) in [6.45, 7) is 2.10. The van der Waals surface area contributed by atoms with Crippen molar-refractivity contribution in [2.45, 2.75) is 18.8 Å². The number of benzene rings is 2. The average Bonchev–Trinajstić information content (AvgIpc) is 3.11. The van der Waals surface area contributed by atoms with Crippen LogP contribution in [-0.4, -0.2) is 57.6 Å². The maximum atomic E-state index is 13.3. The number of piperidine rings is 1. The van der Waals surface area contributed by atoms with E-state index in [1.54, 1.807) is 4.68 Å². The smallest absolute Gasteiger partial charge is 0.328 e. The van der Waals surface area contributed by atoms with Crippen molar-refractivity contribution in [2.75, 3.05) is 26.0 Å². The second-order valence-corrected chi connectivity index (χ2v) is 7.93. The number of carboxylic acid groups (broad SMARTS) is 2. The fraction of sp³-hybridized carbons (Fsp3) is 0.240. The molecule has 0 aliphatic carbocycles. The van der Waals surface area contributed by atoms with Gasteiger partial charge in [0.15, 0.2) is 0 Å². The van der Waals surface area contributed by atoms with Crippen LogP contribution in [0.3, 0.4) is 0 Å². The van der Waals surface area contributed by atoms with E-state index in [-0.39, 0.29) is 5.78 Å². The van der Waals surface area contributed by atoms with E-state index >= 15 is 0 Å². The molecule has 4 N–H and O–H groups in total. The molecule has 0 amide bonds. The molecular weight excluding hydrogens is 422 g/mol. The van der Waals surface area contributed by atoms with Gasteiger partial charge in [0.25, 0.3) is 0 Å². The Kier molecular flexibility index (Phi) is 7.63. The number of nitrogens with zero attached hydrogens (tertiary/aromatic N) is 2. The van der Waals surface area contributed by atoms with Gasteiger partial charge in [-0.3, -0.25) is 9.47 Å². The Morgan fingerprint density at radius 1 is 0.909 bits per heavy atom. The van der Waals surface area contributed by atoms with Crippen molar-refractivity contribution in [3.8, 4) is 0 Å². The molecule has 0 unspecified atom stereocenters. The average molecular weight is 450 g/mol. The van der Waals surface area contributed by atoms with Gasteiger partial charge in [0.2, 0.25) is 5.78 Å². The molecule has 0 saturated carbocycles. The van der Waals surface area contributed by atoms with Gasteiger partial charge in [-0.05, 0) is 50.5 Å². The van der Waals surface area contributed by atoms with Crippen LogP contribution in [0.25, 0.3) is 10.9 Å². The molecule has 0 atom stereocenters. The summed E-state index contributed by atoms with van der Waals surface area (Å²) < 4.78 is 1.60. The molecule has 1 fully saturated rings. The first-order chi connectivity index (χ1) is 15.8. The molecule has 172 valence electrons. The van der Waals surface area contributed by atoms with E-state index in [4.69, 9.17) is 16.1 Å². The second-order valence-electron chi connectivity index (χ2n) is 7.93. The zero-order valence-corrected chi connectivity index (χ0v) is 18.3. The Balaban J connectivity index is 0.000000331. The molecule has 2 aromatic carbocycles. The van der Waals surface area contributed by atoms with Crippen molar-refractivity contribution in [3.63, 3.8) is 0 Å². The molecule has 0 radical (unpaired) electrons. The molecule has 0 bridgehead atoms. The molecule has 1 saturated heterocycles. The zero-order chi connectivity index (χ0) is 24.0. The Hall–Kier alpha value is -3.91. The number of nitrogen functional groups attached to an aromatic ring is 1. The number of ketones is 1. The lowest BCUT2D eigenvalue weighted by atomic mass is 9.86. The Morgan fingerprint density at radius 3 is 2.03 bits per heavy atom. The number of carbonyl (C=O) groups excluding carboxylic acids is 1. The lowest BCUT2D eigenvalue weighted by molar-refractivity contribution is -0.134. The van der Waals surface area contributed by atoms with Gasteiger partial charge in [0.05, 0.1) is 5.52 Å². The molecular formula is C25H27N3O5. The van der Waals surface area contributed by atoms with Crippen molar-refractivity contribution < 1.29 is 24.6 Å². The minimum absolute atomic E-state index is 0.00762. The summed E-state index contributed by atoms with van der Waals surface area (Å²) in [5, 5.41) is 16.7. The fourth-order valence-electron chi connectivity index (χ4n) is 4.10. The SMILES string of the molecule is CN1CCC(c2c(C(=O)c3ccccc3)n(N)c3ccccc23)CC1.O=C(O)/C=C/C(=O)O. The first kappa shape index (κ1) is 23.7. The van der Waals surface area contributed by atoms with Crippen LogP contribution >= 0.6 is 0 Å². The lowest BCUT2D eigenvalue weighted by Crippen LogP contribution is -2.30. The molecule has 8 nitrogen and oxygen atoms in total. The van der Waals surface area contributed by atoms with Gasteiger partial charge in [-0.2, -0.15) is 0 Å². The third-order valence-electron chi connectivity index (χ3n) is 5.70. The van der Waals surface area contributed by atoms with Crippen LogP contribution in [0.1, 0.15) is 40.4 Å². The van der Waals surface area contributed by atoms with E-state index in [0.717, 1.165) is 42.4 Å². The molecule has 33 heavy (non-hydrogen) atoms. The first-order valence-corrected chi connectivity index (χ1v) is 10.6. The predicted molar refractivity (Wildman–Crippen MR) is 126 cm³/mol. The Morgan fingerprint density at radius 2 is 1.45 bits per heavy atom. The lowest BCUT2D eigenvalue weighted by Gasteiger charge is -2.29. The van der Waals surface area contributed by atoms with Crippen molar-refractivity contribution >= 4 is 28.6 Å². The van der Waals surface area contributed by atoms with E-state index in [9.17, 15) is 14.4 Å². The van der Waals surface area contributed by atoms with Crippen LogP contribution in [0.4, 0.5) is 0 Å². The maximum absolute atomic E-state index is 13.3. The highest BCUT2D eigenvalue weighted by Crippen LogP contribution is 2.37. The first-order valence-electron chi connectivity index (χ1n) is 10.6. The standard InChI is InChI=1S/C21H23N3O.C4H4O4/c1-23-13-11-15(12-14-23)19-17-9-5-6-10-18(17)24(22)20(19)21(25)16-7-3-2-4-8-16;5-3(6)1-2-4(7)8/h2-10,15H,11-14,22H2,1H3;1-2H,(H,5,6)(H,7,8)/b;2-1+. The summed E-state index contributed by atoms with van der Waals surface area (Å²) in [4.78, 5) is 34.7. The summed E-state index contributed by atoms with van der Waals surface area (Å²) in [5.41, 5.74) is 3.38. The van der Waals surface area contributed by atoms with E-state index < -0.39 is 11.9 Å². The number of hydrogen-bond acceptors (Lipinski definition) is 5. The number of carboxylic acids is 2. The Bertz CT molecular complexity index is 1160. The fourth-order valence-corrected chi connectivity index (χ4v) is 4.10. The number of nitrogens with two attached hydrogens (primary N) is 1. The van der Waals surface area contributed by atoms with Crippen molar-refractivity contribution in [1.29, 1.82) is 0 Å². The van der Waals surface area contributed by atoms with Crippen LogP contribution in [0.2, 0.25) is 0 Å². The molecule has 2 heterocycles.